The fourth-order valence-electron chi connectivity index (χ4n) is 4.40. The zero-order chi connectivity index (χ0) is 24.5. The van der Waals surface area contributed by atoms with Gasteiger partial charge in [-0.1, -0.05) is 39.7 Å². The predicted octanol–water partition coefficient (Wildman–Crippen LogP) is 7.05. The van der Waals surface area contributed by atoms with Crippen molar-refractivity contribution in [2.24, 2.45) is 0 Å². The van der Waals surface area contributed by atoms with Crippen molar-refractivity contribution in [3.63, 3.8) is 0 Å². The Bertz CT molecular complexity index is 1410. The van der Waals surface area contributed by atoms with E-state index in [1.54, 1.807) is 6.20 Å². The number of aryl methyl sites for hydroxylation is 1. The van der Waals surface area contributed by atoms with Crippen molar-refractivity contribution < 1.29 is 0 Å². The summed E-state index contributed by atoms with van der Waals surface area (Å²) >= 11 is 11.8. The normalized spacial score (nSPS) is 14.8. The van der Waals surface area contributed by atoms with Crippen LogP contribution in [0.1, 0.15) is 16.0 Å². The molecule has 1 aliphatic rings. The molecule has 0 radical (unpaired) electrons. The van der Waals surface area contributed by atoms with Gasteiger partial charge in [0.1, 0.15) is 6.07 Å². The molecular formula is C27H25BrClN5S. The number of benzene rings is 2. The lowest BCUT2D eigenvalue weighted by molar-refractivity contribution is 0.149. The van der Waals surface area contributed by atoms with Crippen LogP contribution in [0.25, 0.3) is 21.3 Å². The number of rotatable bonds is 5. The van der Waals surface area contributed by atoms with Crippen molar-refractivity contribution in [1.82, 2.24) is 14.8 Å². The second-order valence-electron chi connectivity index (χ2n) is 8.94. The van der Waals surface area contributed by atoms with Gasteiger partial charge in [-0.15, -0.1) is 11.3 Å². The predicted molar refractivity (Wildman–Crippen MR) is 150 cm³/mol. The maximum Gasteiger partial charge on any atom is 0.103 e. The molecule has 1 aliphatic heterocycles. The zero-order valence-electron chi connectivity index (χ0n) is 19.6. The highest BCUT2D eigenvalue weighted by atomic mass is 79.9. The molecule has 1 saturated heterocycles. The number of fused-ring (bicyclic) bond motifs is 1. The first-order valence-corrected chi connectivity index (χ1v) is 13.5. The van der Waals surface area contributed by atoms with E-state index >= 15 is 0 Å². The van der Waals surface area contributed by atoms with E-state index in [2.05, 4.69) is 73.4 Å². The average molecular weight is 567 g/mol. The van der Waals surface area contributed by atoms with E-state index in [-0.39, 0.29) is 0 Å². The molecule has 0 saturated carbocycles. The topological polar surface area (TPSA) is 55.2 Å². The number of halogens is 2. The molecule has 0 unspecified atom stereocenters. The molecule has 4 aromatic rings. The number of nitriles is 1. The lowest BCUT2D eigenvalue weighted by Crippen LogP contribution is -2.43. The summed E-state index contributed by atoms with van der Waals surface area (Å²) < 4.78 is 0.915. The van der Waals surface area contributed by atoms with Crippen LogP contribution in [0.3, 0.4) is 0 Å². The van der Waals surface area contributed by atoms with E-state index < -0.39 is 0 Å². The molecule has 5 nitrogen and oxygen atoms in total. The van der Waals surface area contributed by atoms with Crippen LogP contribution in [0.5, 0.6) is 0 Å². The number of likely N-dealkylation sites (N-methyl/N-ethyl adjacent to an activating group) is 1. The van der Waals surface area contributed by atoms with Gasteiger partial charge in [-0.2, -0.15) is 5.26 Å². The highest BCUT2D eigenvalue weighted by molar-refractivity contribution is 9.10. The number of anilines is 2. The van der Waals surface area contributed by atoms with Gasteiger partial charge in [-0.05, 0) is 55.4 Å². The van der Waals surface area contributed by atoms with Crippen LogP contribution in [0.15, 0.2) is 53.1 Å². The standard InChI is InChI=1S/C27H25BrClN5S/c1-17-11-20(28)13-23(29)26(17)32-27-19(14-30)15-31-24-12-18(3-5-22(24)27)25-6-4-21(35-25)16-34-9-7-33(2)8-10-34/h3-6,11-13,15H,7-10,16H2,1-2H3,(H,31,32). The number of nitrogens with zero attached hydrogens (tertiary/aromatic N) is 4. The molecule has 8 heteroatoms. The third-order valence-electron chi connectivity index (χ3n) is 6.41. The fraction of sp³-hybridized carbons (Fsp3) is 0.259. The first-order chi connectivity index (χ1) is 16.9. The minimum atomic E-state index is 0.481. The van der Waals surface area contributed by atoms with Crippen molar-refractivity contribution >= 4 is 61.1 Å². The molecule has 2 aromatic heterocycles. The van der Waals surface area contributed by atoms with Gasteiger partial charge in [0, 0.05) is 58.5 Å². The Morgan fingerprint density at radius 3 is 2.66 bits per heavy atom. The van der Waals surface area contributed by atoms with Crippen molar-refractivity contribution in [1.29, 1.82) is 5.26 Å². The van der Waals surface area contributed by atoms with E-state index in [1.165, 1.54) is 9.75 Å². The van der Waals surface area contributed by atoms with Gasteiger partial charge >= 0.3 is 0 Å². The summed E-state index contributed by atoms with van der Waals surface area (Å²) in [6.07, 6.45) is 1.63. The molecule has 0 atom stereocenters. The lowest BCUT2D eigenvalue weighted by atomic mass is 10.1. The SMILES string of the molecule is Cc1cc(Br)cc(Cl)c1Nc1c(C#N)cnc2cc(-c3ccc(CN4CCN(C)CC4)s3)ccc12. The number of nitrogens with one attached hydrogen (secondary N) is 1. The number of thiophene rings is 1. The fourth-order valence-corrected chi connectivity index (χ4v) is 6.46. The van der Waals surface area contributed by atoms with Crippen LogP contribution >= 0.6 is 38.9 Å². The molecule has 3 heterocycles. The quantitative estimate of drug-likeness (QED) is 0.280. The Kier molecular flexibility index (Phi) is 7.10. The second-order valence-corrected chi connectivity index (χ2v) is 11.4. The van der Waals surface area contributed by atoms with E-state index in [1.807, 2.05) is 36.5 Å². The van der Waals surface area contributed by atoms with Crippen LogP contribution in [-0.2, 0) is 6.54 Å². The minimum absolute atomic E-state index is 0.481. The number of pyridine rings is 1. The van der Waals surface area contributed by atoms with Crippen molar-refractivity contribution in [3.05, 3.63) is 74.2 Å². The molecular weight excluding hydrogens is 542 g/mol. The monoisotopic (exact) mass is 565 g/mol. The van der Waals surface area contributed by atoms with Crippen LogP contribution in [0.2, 0.25) is 5.02 Å². The first-order valence-electron chi connectivity index (χ1n) is 11.5. The maximum absolute atomic E-state index is 9.75. The summed E-state index contributed by atoms with van der Waals surface area (Å²) in [4.78, 5) is 12.1. The summed E-state index contributed by atoms with van der Waals surface area (Å²) in [6.45, 7) is 7.46. The minimum Gasteiger partial charge on any atom is -0.352 e. The summed E-state index contributed by atoms with van der Waals surface area (Å²) in [5.41, 5.74) is 4.95. The summed E-state index contributed by atoms with van der Waals surface area (Å²) in [6, 6.07) is 16.8. The average Bonchev–Trinajstić information content (AvgIpc) is 3.31. The van der Waals surface area contributed by atoms with Gasteiger partial charge in [-0.25, -0.2) is 0 Å². The highest BCUT2D eigenvalue weighted by Crippen LogP contribution is 2.37. The van der Waals surface area contributed by atoms with Crippen LogP contribution in [0.4, 0.5) is 11.4 Å². The molecule has 0 spiro atoms. The van der Waals surface area contributed by atoms with Crippen molar-refractivity contribution in [2.45, 2.75) is 13.5 Å². The molecule has 0 aliphatic carbocycles. The molecule has 35 heavy (non-hydrogen) atoms. The second kappa shape index (κ2) is 10.3. The number of piperazine rings is 1. The molecule has 5 rings (SSSR count). The van der Waals surface area contributed by atoms with Gasteiger partial charge in [0.15, 0.2) is 0 Å². The zero-order valence-corrected chi connectivity index (χ0v) is 22.8. The van der Waals surface area contributed by atoms with Crippen molar-refractivity contribution in [2.75, 3.05) is 38.5 Å². The Hall–Kier alpha value is -2.47. The Labute approximate surface area is 223 Å². The van der Waals surface area contributed by atoms with Crippen LogP contribution in [-0.4, -0.2) is 48.0 Å². The van der Waals surface area contributed by atoms with Gasteiger partial charge in [0.25, 0.3) is 0 Å². The number of aromatic nitrogens is 1. The van der Waals surface area contributed by atoms with Gasteiger partial charge in [-0.3, -0.25) is 9.88 Å². The highest BCUT2D eigenvalue weighted by Gasteiger charge is 2.16. The Morgan fingerprint density at radius 1 is 1.11 bits per heavy atom. The Morgan fingerprint density at radius 2 is 1.91 bits per heavy atom. The van der Waals surface area contributed by atoms with E-state index in [0.29, 0.717) is 10.6 Å². The first kappa shape index (κ1) is 24.2. The number of hydrogen-bond donors (Lipinski definition) is 1. The molecule has 1 fully saturated rings. The molecule has 1 N–H and O–H groups in total. The third kappa shape index (κ3) is 5.23. The van der Waals surface area contributed by atoms with Crippen LogP contribution < -0.4 is 5.32 Å². The van der Waals surface area contributed by atoms with E-state index in [0.717, 1.165) is 70.6 Å². The molecule has 0 amide bonds. The molecule has 2 aromatic carbocycles. The van der Waals surface area contributed by atoms with E-state index in [9.17, 15) is 5.26 Å². The number of hydrogen-bond acceptors (Lipinski definition) is 6. The summed E-state index contributed by atoms with van der Waals surface area (Å²) in [5.74, 6) is 0. The lowest BCUT2D eigenvalue weighted by Gasteiger charge is -2.31. The third-order valence-corrected chi connectivity index (χ3v) is 8.29. The van der Waals surface area contributed by atoms with Gasteiger partial charge in [0.2, 0.25) is 0 Å². The summed E-state index contributed by atoms with van der Waals surface area (Å²) in [5, 5.41) is 14.6. The molecule has 0 bridgehead atoms. The van der Waals surface area contributed by atoms with Crippen molar-refractivity contribution in [3.8, 4) is 16.5 Å². The van der Waals surface area contributed by atoms with Gasteiger partial charge < -0.3 is 10.2 Å². The largest absolute Gasteiger partial charge is 0.352 e. The smallest absolute Gasteiger partial charge is 0.103 e. The molecule has 178 valence electrons. The Balaban J connectivity index is 1.45. The van der Waals surface area contributed by atoms with Gasteiger partial charge in [0.05, 0.1) is 27.5 Å². The maximum atomic E-state index is 9.75. The summed E-state index contributed by atoms with van der Waals surface area (Å²) in [7, 11) is 2.18. The van der Waals surface area contributed by atoms with E-state index in [4.69, 9.17) is 11.6 Å². The van der Waals surface area contributed by atoms with Crippen LogP contribution in [0, 0.1) is 18.3 Å².